The van der Waals surface area contributed by atoms with Gasteiger partial charge in [0, 0.05) is 18.7 Å². The SMILES string of the molecule is CNCC(CCCOC)Cc1ccc(Cl)cc1. The number of nitrogens with one attached hydrogen (secondary N) is 1. The summed E-state index contributed by atoms with van der Waals surface area (Å²) in [5.74, 6) is 0.663. The van der Waals surface area contributed by atoms with E-state index in [0.29, 0.717) is 5.92 Å². The Morgan fingerprint density at radius 2 is 2.00 bits per heavy atom. The highest BCUT2D eigenvalue weighted by Gasteiger charge is 2.08. The zero-order valence-corrected chi connectivity index (χ0v) is 11.5. The Hall–Kier alpha value is -0.570. The number of halogens is 1. The fraction of sp³-hybridized carbons (Fsp3) is 0.571. The van der Waals surface area contributed by atoms with Crippen molar-refractivity contribution in [1.29, 1.82) is 0 Å². The van der Waals surface area contributed by atoms with E-state index in [1.54, 1.807) is 7.11 Å². The van der Waals surface area contributed by atoms with E-state index in [0.717, 1.165) is 31.0 Å². The molecular formula is C14H22ClNO. The number of hydrogen-bond acceptors (Lipinski definition) is 2. The normalized spacial score (nSPS) is 12.6. The Morgan fingerprint density at radius 1 is 1.29 bits per heavy atom. The first-order valence-corrected chi connectivity index (χ1v) is 6.52. The molecule has 0 heterocycles. The van der Waals surface area contributed by atoms with Crippen LogP contribution in [0.4, 0.5) is 0 Å². The summed E-state index contributed by atoms with van der Waals surface area (Å²) in [4.78, 5) is 0. The third-order valence-corrected chi connectivity index (χ3v) is 3.14. The summed E-state index contributed by atoms with van der Waals surface area (Å²) in [6.07, 6.45) is 3.41. The van der Waals surface area contributed by atoms with Crippen LogP contribution < -0.4 is 5.32 Å². The Kier molecular flexibility index (Phi) is 7.25. The molecule has 0 spiro atoms. The Bertz CT molecular complexity index is 300. The molecule has 0 bridgehead atoms. The lowest BCUT2D eigenvalue weighted by Crippen LogP contribution is -2.21. The lowest BCUT2D eigenvalue weighted by Gasteiger charge is -2.16. The molecular weight excluding hydrogens is 234 g/mol. The van der Waals surface area contributed by atoms with E-state index in [2.05, 4.69) is 17.4 Å². The number of rotatable bonds is 8. The number of hydrogen-bond donors (Lipinski definition) is 1. The first-order valence-electron chi connectivity index (χ1n) is 6.14. The quantitative estimate of drug-likeness (QED) is 0.721. The van der Waals surface area contributed by atoms with Gasteiger partial charge >= 0.3 is 0 Å². The molecule has 17 heavy (non-hydrogen) atoms. The number of benzene rings is 1. The molecule has 1 aromatic rings. The average Bonchev–Trinajstić information content (AvgIpc) is 2.32. The van der Waals surface area contributed by atoms with Gasteiger partial charge in [-0.2, -0.15) is 0 Å². The second-order valence-corrected chi connectivity index (χ2v) is 4.83. The minimum Gasteiger partial charge on any atom is -0.385 e. The Labute approximate surface area is 109 Å². The minimum absolute atomic E-state index is 0.663. The smallest absolute Gasteiger partial charge is 0.0462 e. The van der Waals surface area contributed by atoms with Gasteiger partial charge in [-0.05, 0) is 56.5 Å². The van der Waals surface area contributed by atoms with E-state index in [9.17, 15) is 0 Å². The highest BCUT2D eigenvalue weighted by Crippen LogP contribution is 2.16. The van der Waals surface area contributed by atoms with Crippen LogP contribution in [0.25, 0.3) is 0 Å². The minimum atomic E-state index is 0.663. The monoisotopic (exact) mass is 255 g/mol. The Balaban J connectivity index is 2.44. The van der Waals surface area contributed by atoms with Crippen LogP contribution in [0.1, 0.15) is 18.4 Å². The molecule has 1 N–H and O–H groups in total. The van der Waals surface area contributed by atoms with Gasteiger partial charge in [0.2, 0.25) is 0 Å². The lowest BCUT2D eigenvalue weighted by molar-refractivity contribution is 0.186. The summed E-state index contributed by atoms with van der Waals surface area (Å²) in [6.45, 7) is 1.90. The maximum Gasteiger partial charge on any atom is 0.0462 e. The topological polar surface area (TPSA) is 21.3 Å². The number of methoxy groups -OCH3 is 1. The third kappa shape index (κ3) is 6.06. The number of ether oxygens (including phenoxy) is 1. The van der Waals surface area contributed by atoms with Gasteiger partial charge in [0.05, 0.1) is 0 Å². The van der Waals surface area contributed by atoms with Crippen molar-refractivity contribution in [3.05, 3.63) is 34.9 Å². The third-order valence-electron chi connectivity index (χ3n) is 2.89. The molecule has 0 saturated heterocycles. The first-order chi connectivity index (χ1) is 8.26. The van der Waals surface area contributed by atoms with Crippen LogP contribution in [-0.2, 0) is 11.2 Å². The summed E-state index contributed by atoms with van der Waals surface area (Å²) < 4.78 is 5.10. The second-order valence-electron chi connectivity index (χ2n) is 4.39. The maximum absolute atomic E-state index is 5.88. The highest BCUT2D eigenvalue weighted by atomic mass is 35.5. The van der Waals surface area contributed by atoms with Gasteiger partial charge in [-0.25, -0.2) is 0 Å². The van der Waals surface area contributed by atoms with Crippen molar-refractivity contribution in [3.63, 3.8) is 0 Å². The van der Waals surface area contributed by atoms with Crippen molar-refractivity contribution < 1.29 is 4.74 Å². The Morgan fingerprint density at radius 3 is 2.59 bits per heavy atom. The summed E-state index contributed by atoms with van der Waals surface area (Å²) in [7, 11) is 3.76. The maximum atomic E-state index is 5.88. The van der Waals surface area contributed by atoms with Crippen molar-refractivity contribution in [2.45, 2.75) is 19.3 Å². The molecule has 0 aliphatic carbocycles. The van der Waals surface area contributed by atoms with Gasteiger partial charge in [-0.15, -0.1) is 0 Å². The second kappa shape index (κ2) is 8.51. The van der Waals surface area contributed by atoms with E-state index in [1.165, 1.54) is 12.0 Å². The molecule has 1 unspecified atom stereocenters. The molecule has 0 saturated carbocycles. The van der Waals surface area contributed by atoms with Gasteiger partial charge in [-0.3, -0.25) is 0 Å². The van der Waals surface area contributed by atoms with E-state index < -0.39 is 0 Å². The molecule has 1 rings (SSSR count). The molecule has 0 fully saturated rings. The van der Waals surface area contributed by atoms with Crippen molar-refractivity contribution in [1.82, 2.24) is 5.32 Å². The molecule has 0 amide bonds. The van der Waals surface area contributed by atoms with Gasteiger partial charge < -0.3 is 10.1 Å². The van der Waals surface area contributed by atoms with E-state index in [4.69, 9.17) is 16.3 Å². The molecule has 0 radical (unpaired) electrons. The summed E-state index contributed by atoms with van der Waals surface area (Å²) >= 11 is 5.88. The molecule has 0 aromatic heterocycles. The van der Waals surface area contributed by atoms with Gasteiger partial charge in [0.1, 0.15) is 0 Å². The van der Waals surface area contributed by atoms with Crippen LogP contribution in [0.15, 0.2) is 24.3 Å². The molecule has 2 nitrogen and oxygen atoms in total. The average molecular weight is 256 g/mol. The fourth-order valence-corrected chi connectivity index (χ4v) is 2.16. The summed E-state index contributed by atoms with van der Waals surface area (Å²) in [5, 5.41) is 4.06. The van der Waals surface area contributed by atoms with Crippen LogP contribution in [0, 0.1) is 5.92 Å². The van der Waals surface area contributed by atoms with E-state index >= 15 is 0 Å². The molecule has 1 atom stereocenters. The highest BCUT2D eigenvalue weighted by molar-refractivity contribution is 6.30. The first kappa shape index (κ1) is 14.5. The largest absolute Gasteiger partial charge is 0.385 e. The molecule has 96 valence electrons. The van der Waals surface area contributed by atoms with E-state index in [1.807, 2.05) is 19.2 Å². The van der Waals surface area contributed by atoms with Gasteiger partial charge in [0.15, 0.2) is 0 Å². The zero-order chi connectivity index (χ0) is 12.5. The van der Waals surface area contributed by atoms with Crippen LogP contribution in [0.3, 0.4) is 0 Å². The summed E-state index contributed by atoms with van der Waals surface area (Å²) in [6, 6.07) is 8.15. The van der Waals surface area contributed by atoms with Crippen molar-refractivity contribution in [2.24, 2.45) is 5.92 Å². The van der Waals surface area contributed by atoms with Crippen LogP contribution in [0.5, 0.6) is 0 Å². The standard InChI is InChI=1S/C14H22ClNO/c1-16-11-13(4-3-9-17-2)10-12-5-7-14(15)8-6-12/h5-8,13,16H,3-4,9-11H2,1-2H3. The molecule has 1 aromatic carbocycles. The summed E-state index contributed by atoms with van der Waals surface area (Å²) in [5.41, 5.74) is 1.35. The van der Waals surface area contributed by atoms with Crippen LogP contribution in [-0.4, -0.2) is 27.3 Å². The van der Waals surface area contributed by atoms with Crippen molar-refractivity contribution in [2.75, 3.05) is 27.3 Å². The molecule has 0 aliphatic rings. The predicted octanol–water partition coefficient (Wildman–Crippen LogP) is 3.14. The van der Waals surface area contributed by atoms with Crippen LogP contribution in [0.2, 0.25) is 5.02 Å². The van der Waals surface area contributed by atoms with Crippen molar-refractivity contribution >= 4 is 11.6 Å². The molecule has 3 heteroatoms. The zero-order valence-electron chi connectivity index (χ0n) is 10.7. The van der Waals surface area contributed by atoms with Gasteiger partial charge in [0.25, 0.3) is 0 Å². The molecule has 0 aliphatic heterocycles. The fourth-order valence-electron chi connectivity index (χ4n) is 2.04. The predicted molar refractivity (Wildman–Crippen MR) is 73.7 cm³/mol. The van der Waals surface area contributed by atoms with Crippen molar-refractivity contribution in [3.8, 4) is 0 Å². The van der Waals surface area contributed by atoms with Crippen LogP contribution >= 0.6 is 11.6 Å². The lowest BCUT2D eigenvalue weighted by atomic mass is 9.95. The van der Waals surface area contributed by atoms with Gasteiger partial charge in [-0.1, -0.05) is 23.7 Å². The van der Waals surface area contributed by atoms with E-state index in [-0.39, 0.29) is 0 Å².